The number of ether oxygens (including phenoxy) is 2. The normalized spacial score (nSPS) is 31.3. The zero-order valence-corrected chi connectivity index (χ0v) is 18.8. The lowest BCUT2D eigenvalue weighted by Crippen LogP contribution is -3.00. The van der Waals surface area contributed by atoms with Gasteiger partial charge in [-0.3, -0.25) is 0 Å². The molecule has 0 aromatic heterocycles. The van der Waals surface area contributed by atoms with Crippen LogP contribution >= 0.6 is 0 Å². The highest BCUT2D eigenvalue weighted by Gasteiger charge is 2.57. The predicted molar refractivity (Wildman–Crippen MR) is 110 cm³/mol. The quantitative estimate of drug-likeness (QED) is 0.714. The highest BCUT2D eigenvalue weighted by atomic mass is 79.9. The number of aryl methyl sites for hydroxylation is 1. The summed E-state index contributed by atoms with van der Waals surface area (Å²) in [5, 5.41) is 10.2. The van der Waals surface area contributed by atoms with Crippen molar-refractivity contribution in [2.24, 2.45) is 0 Å². The second kappa shape index (κ2) is 7.17. The molecule has 2 unspecified atom stereocenters. The lowest BCUT2D eigenvalue weighted by Gasteiger charge is -2.46. The van der Waals surface area contributed by atoms with Gasteiger partial charge in [0.1, 0.15) is 6.10 Å². The molecule has 1 heterocycles. The maximum Gasteiger partial charge on any atom is 0.166 e. The second-order valence-corrected chi connectivity index (χ2v) is 9.01. The molecule has 1 aliphatic heterocycles. The fourth-order valence-electron chi connectivity index (χ4n) is 5.90. The first kappa shape index (κ1) is 20.5. The minimum atomic E-state index is -0.432. The van der Waals surface area contributed by atoms with Crippen LogP contribution in [0, 0.1) is 6.92 Å². The Kier molecular flexibility index (Phi) is 5.07. The predicted octanol–water partition coefficient (Wildman–Crippen LogP) is 1.62. The standard InChI is InChI=1S/C25H28O3.BrH/c1-16-13-19(27-3)23-22-21(16)24(2,15-17-7-5-4-6-8-17)11-12-25(22)10-9-18(26)14-20(25)28-23;/h4-10,13,18,20,26H,11-12,14-15H2,1-3H3;1H/p-1/t18-,20-,24?,25?;/m1./s1. The van der Waals surface area contributed by atoms with Crippen LogP contribution in [0.1, 0.15) is 48.4 Å². The topological polar surface area (TPSA) is 38.7 Å². The van der Waals surface area contributed by atoms with Crippen LogP contribution in [0.3, 0.4) is 0 Å². The van der Waals surface area contributed by atoms with Gasteiger partial charge in [-0.25, -0.2) is 0 Å². The van der Waals surface area contributed by atoms with E-state index in [2.05, 4.69) is 56.3 Å². The summed E-state index contributed by atoms with van der Waals surface area (Å²) in [6.45, 7) is 4.60. The molecule has 4 heteroatoms. The van der Waals surface area contributed by atoms with Crippen molar-refractivity contribution in [3.8, 4) is 11.5 Å². The van der Waals surface area contributed by atoms with Crippen LogP contribution < -0.4 is 26.5 Å². The number of hydrogen-bond donors (Lipinski definition) is 1. The van der Waals surface area contributed by atoms with Crippen molar-refractivity contribution in [1.29, 1.82) is 0 Å². The van der Waals surface area contributed by atoms with Crippen LogP contribution in [0.25, 0.3) is 0 Å². The van der Waals surface area contributed by atoms with E-state index in [1.807, 2.05) is 6.08 Å². The van der Waals surface area contributed by atoms with Gasteiger partial charge in [-0.15, -0.1) is 0 Å². The van der Waals surface area contributed by atoms with E-state index in [4.69, 9.17) is 9.47 Å². The van der Waals surface area contributed by atoms with Gasteiger partial charge in [-0.1, -0.05) is 49.4 Å². The van der Waals surface area contributed by atoms with Crippen molar-refractivity contribution < 1.29 is 31.6 Å². The Hall–Kier alpha value is -1.78. The Morgan fingerprint density at radius 3 is 2.66 bits per heavy atom. The van der Waals surface area contributed by atoms with E-state index < -0.39 is 6.10 Å². The number of benzene rings is 2. The van der Waals surface area contributed by atoms with Crippen LogP contribution in [0.5, 0.6) is 11.5 Å². The molecular weight excluding hydrogens is 428 g/mol. The molecular formula is C25H28BrO3-. The van der Waals surface area contributed by atoms with E-state index >= 15 is 0 Å². The van der Waals surface area contributed by atoms with Gasteiger partial charge in [-0.2, -0.15) is 0 Å². The zero-order valence-electron chi connectivity index (χ0n) is 17.2. The van der Waals surface area contributed by atoms with E-state index in [-0.39, 0.29) is 33.9 Å². The molecule has 0 bridgehead atoms. The molecule has 3 aliphatic rings. The Morgan fingerprint density at radius 1 is 1.17 bits per heavy atom. The maximum absolute atomic E-state index is 10.2. The fourth-order valence-corrected chi connectivity index (χ4v) is 5.90. The average molecular weight is 456 g/mol. The summed E-state index contributed by atoms with van der Waals surface area (Å²) in [5.74, 6) is 1.71. The first-order chi connectivity index (χ1) is 13.5. The number of halogens is 1. The van der Waals surface area contributed by atoms with Gasteiger partial charge in [0, 0.05) is 12.0 Å². The molecule has 0 saturated heterocycles. The van der Waals surface area contributed by atoms with Gasteiger partial charge in [0.15, 0.2) is 11.5 Å². The molecule has 0 amide bonds. The van der Waals surface area contributed by atoms with Crippen molar-refractivity contribution >= 4 is 0 Å². The van der Waals surface area contributed by atoms with Gasteiger partial charge < -0.3 is 31.6 Å². The van der Waals surface area contributed by atoms with Crippen molar-refractivity contribution in [2.75, 3.05) is 7.11 Å². The van der Waals surface area contributed by atoms with Crippen molar-refractivity contribution in [1.82, 2.24) is 0 Å². The Morgan fingerprint density at radius 2 is 1.93 bits per heavy atom. The molecule has 1 spiro atoms. The molecule has 4 atom stereocenters. The molecule has 29 heavy (non-hydrogen) atoms. The Bertz CT molecular complexity index is 954. The highest BCUT2D eigenvalue weighted by Crippen LogP contribution is 2.61. The highest BCUT2D eigenvalue weighted by molar-refractivity contribution is 5.66. The van der Waals surface area contributed by atoms with Gasteiger partial charge >= 0.3 is 0 Å². The summed E-state index contributed by atoms with van der Waals surface area (Å²) < 4.78 is 12.2. The minimum absolute atomic E-state index is 0. The Labute approximate surface area is 183 Å². The lowest BCUT2D eigenvalue weighted by molar-refractivity contribution is -0.0000106. The summed E-state index contributed by atoms with van der Waals surface area (Å²) >= 11 is 0. The summed E-state index contributed by atoms with van der Waals surface area (Å²) in [4.78, 5) is 0. The van der Waals surface area contributed by atoms with Gasteiger partial charge in [0.05, 0.1) is 18.6 Å². The molecule has 154 valence electrons. The van der Waals surface area contributed by atoms with Gasteiger partial charge in [0.2, 0.25) is 0 Å². The molecule has 0 saturated carbocycles. The zero-order chi connectivity index (χ0) is 19.5. The van der Waals surface area contributed by atoms with E-state index in [0.717, 1.165) is 30.8 Å². The number of aliphatic hydroxyl groups excluding tert-OH is 1. The summed E-state index contributed by atoms with van der Waals surface area (Å²) in [7, 11) is 1.71. The first-order valence-electron chi connectivity index (χ1n) is 10.3. The van der Waals surface area contributed by atoms with Crippen molar-refractivity contribution in [2.45, 2.75) is 62.6 Å². The molecule has 2 aliphatic carbocycles. The monoisotopic (exact) mass is 455 g/mol. The molecule has 0 fully saturated rings. The van der Waals surface area contributed by atoms with E-state index in [0.29, 0.717) is 6.42 Å². The van der Waals surface area contributed by atoms with Gasteiger partial charge in [0.25, 0.3) is 0 Å². The van der Waals surface area contributed by atoms with E-state index in [1.165, 1.54) is 22.3 Å². The fraction of sp³-hybridized carbons (Fsp3) is 0.440. The first-order valence-corrected chi connectivity index (χ1v) is 10.3. The molecule has 0 radical (unpaired) electrons. The van der Waals surface area contributed by atoms with E-state index in [1.54, 1.807) is 7.11 Å². The number of rotatable bonds is 3. The van der Waals surface area contributed by atoms with Crippen LogP contribution in [0.4, 0.5) is 0 Å². The third-order valence-electron chi connectivity index (χ3n) is 7.17. The molecule has 2 aromatic carbocycles. The average Bonchev–Trinajstić information content (AvgIpc) is 3.01. The van der Waals surface area contributed by atoms with Crippen LogP contribution in [0.2, 0.25) is 0 Å². The molecule has 5 rings (SSSR count). The van der Waals surface area contributed by atoms with E-state index in [9.17, 15) is 5.11 Å². The second-order valence-electron chi connectivity index (χ2n) is 9.01. The SMILES string of the molecule is COc1cc(C)c2c3c1O[C@@H]1C[C@H](O)C=CC31CCC2(C)Cc1ccccc1.[Br-]. The summed E-state index contributed by atoms with van der Waals surface area (Å²) in [5.41, 5.74) is 5.28. The van der Waals surface area contributed by atoms with Crippen LogP contribution in [-0.2, 0) is 17.3 Å². The van der Waals surface area contributed by atoms with Crippen molar-refractivity contribution in [3.05, 3.63) is 70.8 Å². The smallest absolute Gasteiger partial charge is 0.166 e. The number of hydrogen-bond acceptors (Lipinski definition) is 3. The summed E-state index contributed by atoms with van der Waals surface area (Å²) in [6.07, 6.45) is 7.54. The van der Waals surface area contributed by atoms with Crippen LogP contribution in [0.15, 0.2) is 48.6 Å². The van der Waals surface area contributed by atoms with Gasteiger partial charge in [-0.05, 0) is 54.4 Å². The number of methoxy groups -OCH3 is 1. The lowest BCUT2D eigenvalue weighted by atomic mass is 9.56. The maximum atomic E-state index is 10.2. The summed E-state index contributed by atoms with van der Waals surface area (Å²) in [6, 6.07) is 12.9. The molecule has 3 nitrogen and oxygen atoms in total. The minimum Gasteiger partial charge on any atom is -1.00 e. The Balaban J connectivity index is 0.00000205. The third kappa shape index (κ3) is 2.95. The largest absolute Gasteiger partial charge is 1.00 e. The number of aliphatic hydroxyl groups is 1. The molecule has 2 aromatic rings. The van der Waals surface area contributed by atoms with Crippen molar-refractivity contribution in [3.63, 3.8) is 0 Å². The van der Waals surface area contributed by atoms with Crippen LogP contribution in [-0.4, -0.2) is 24.4 Å². The third-order valence-corrected chi connectivity index (χ3v) is 7.17. The molecule has 1 N–H and O–H groups in total.